The first-order valence-corrected chi connectivity index (χ1v) is 8.07. The number of carbonyl (C=O) groups excluding carboxylic acids is 1. The Morgan fingerprint density at radius 3 is 2.59 bits per heavy atom. The number of aromatic nitrogens is 1. The van der Waals surface area contributed by atoms with Gasteiger partial charge in [-0.05, 0) is 36.4 Å². The Balaban J connectivity index is 2.13. The standard InChI is InChI=1S/C15H15N3O3S/c1-18(2)22(20,21)11-5-6-14-12(9-11)13(15(19)17-14)8-10-4-3-7-16-10/h3-9,16H,1-2H3,(H,17,19). The normalized spacial score (nSPS) is 16.1. The third kappa shape index (κ3) is 2.34. The zero-order valence-corrected chi connectivity index (χ0v) is 12.9. The molecule has 1 aliphatic heterocycles. The van der Waals surface area contributed by atoms with Gasteiger partial charge in [-0.1, -0.05) is 0 Å². The second kappa shape index (κ2) is 5.11. The highest BCUT2D eigenvalue weighted by Crippen LogP contribution is 2.34. The number of anilines is 1. The summed E-state index contributed by atoms with van der Waals surface area (Å²) in [4.78, 5) is 15.3. The summed E-state index contributed by atoms with van der Waals surface area (Å²) in [6, 6.07) is 8.29. The molecule has 7 heteroatoms. The van der Waals surface area contributed by atoms with E-state index in [0.29, 0.717) is 16.8 Å². The van der Waals surface area contributed by atoms with Crippen molar-refractivity contribution >= 4 is 33.3 Å². The lowest BCUT2D eigenvalue weighted by Crippen LogP contribution is -2.22. The highest BCUT2D eigenvalue weighted by molar-refractivity contribution is 7.89. The molecule has 22 heavy (non-hydrogen) atoms. The molecule has 0 spiro atoms. The predicted molar refractivity (Wildman–Crippen MR) is 84.6 cm³/mol. The monoisotopic (exact) mass is 317 g/mol. The Bertz CT molecular complexity index is 865. The molecule has 0 atom stereocenters. The first kappa shape index (κ1) is 14.6. The Morgan fingerprint density at radius 1 is 1.18 bits per heavy atom. The number of H-pyrrole nitrogens is 1. The van der Waals surface area contributed by atoms with Crippen molar-refractivity contribution in [1.82, 2.24) is 9.29 Å². The van der Waals surface area contributed by atoms with E-state index in [0.717, 1.165) is 10.00 Å². The lowest BCUT2D eigenvalue weighted by atomic mass is 10.1. The second-order valence-electron chi connectivity index (χ2n) is 5.13. The lowest BCUT2D eigenvalue weighted by Gasteiger charge is -2.12. The van der Waals surface area contributed by atoms with Crippen molar-refractivity contribution < 1.29 is 13.2 Å². The van der Waals surface area contributed by atoms with Crippen molar-refractivity contribution in [3.05, 3.63) is 47.8 Å². The molecule has 2 aromatic rings. The van der Waals surface area contributed by atoms with Gasteiger partial charge in [0, 0.05) is 37.2 Å². The van der Waals surface area contributed by atoms with E-state index in [9.17, 15) is 13.2 Å². The Hall–Kier alpha value is -2.38. The van der Waals surface area contributed by atoms with Gasteiger partial charge in [-0.15, -0.1) is 0 Å². The summed E-state index contributed by atoms with van der Waals surface area (Å²) in [5.74, 6) is -0.246. The molecule has 3 rings (SSSR count). The molecule has 0 saturated carbocycles. The van der Waals surface area contributed by atoms with E-state index < -0.39 is 10.0 Å². The molecule has 0 radical (unpaired) electrons. The van der Waals surface area contributed by atoms with Crippen LogP contribution in [0.25, 0.3) is 11.6 Å². The zero-order valence-electron chi connectivity index (χ0n) is 12.1. The molecule has 0 fully saturated rings. The van der Waals surface area contributed by atoms with Gasteiger partial charge in [-0.25, -0.2) is 12.7 Å². The number of amides is 1. The number of benzene rings is 1. The summed E-state index contributed by atoms with van der Waals surface area (Å²) < 4.78 is 25.6. The molecule has 6 nitrogen and oxygen atoms in total. The van der Waals surface area contributed by atoms with Crippen LogP contribution >= 0.6 is 0 Å². The van der Waals surface area contributed by atoms with Crippen molar-refractivity contribution in [2.24, 2.45) is 0 Å². The van der Waals surface area contributed by atoms with Crippen molar-refractivity contribution in [2.45, 2.75) is 4.90 Å². The van der Waals surface area contributed by atoms with Crippen LogP contribution in [-0.4, -0.2) is 37.7 Å². The van der Waals surface area contributed by atoms with Crippen LogP contribution in [0.1, 0.15) is 11.3 Å². The summed E-state index contributed by atoms with van der Waals surface area (Å²) in [7, 11) is -0.594. The molecule has 2 N–H and O–H groups in total. The molecule has 0 saturated heterocycles. The van der Waals surface area contributed by atoms with Crippen LogP contribution in [0.15, 0.2) is 41.4 Å². The van der Waals surface area contributed by atoms with E-state index in [4.69, 9.17) is 0 Å². The highest BCUT2D eigenvalue weighted by Gasteiger charge is 2.27. The molecule has 2 heterocycles. The fourth-order valence-electron chi connectivity index (χ4n) is 2.27. The van der Waals surface area contributed by atoms with Crippen LogP contribution in [0.3, 0.4) is 0 Å². The molecular formula is C15H15N3O3S. The summed E-state index contributed by atoms with van der Waals surface area (Å²) in [6.45, 7) is 0. The van der Waals surface area contributed by atoms with Gasteiger partial charge in [-0.3, -0.25) is 4.79 Å². The second-order valence-corrected chi connectivity index (χ2v) is 7.28. The maximum Gasteiger partial charge on any atom is 0.256 e. The van der Waals surface area contributed by atoms with Crippen LogP contribution < -0.4 is 5.32 Å². The summed E-state index contributed by atoms with van der Waals surface area (Å²) in [5, 5.41) is 2.74. The van der Waals surface area contributed by atoms with Crippen molar-refractivity contribution in [3.8, 4) is 0 Å². The minimum absolute atomic E-state index is 0.158. The van der Waals surface area contributed by atoms with Gasteiger partial charge in [0.05, 0.1) is 10.5 Å². The van der Waals surface area contributed by atoms with Gasteiger partial charge in [0.25, 0.3) is 5.91 Å². The Kier molecular flexibility index (Phi) is 3.38. The molecule has 114 valence electrons. The first-order chi connectivity index (χ1) is 10.4. The maximum atomic E-state index is 12.2. The number of rotatable bonds is 3. The molecular weight excluding hydrogens is 302 g/mol. The molecule has 1 amide bonds. The molecule has 1 aliphatic rings. The van der Waals surface area contributed by atoms with Crippen LogP contribution in [0, 0.1) is 0 Å². The van der Waals surface area contributed by atoms with E-state index in [-0.39, 0.29) is 10.8 Å². The number of hydrogen-bond acceptors (Lipinski definition) is 3. The van der Waals surface area contributed by atoms with E-state index >= 15 is 0 Å². The maximum absolute atomic E-state index is 12.2. The molecule has 1 aromatic carbocycles. The largest absolute Gasteiger partial charge is 0.362 e. The van der Waals surface area contributed by atoms with E-state index in [2.05, 4.69) is 10.3 Å². The predicted octanol–water partition coefficient (Wildman–Crippen LogP) is 1.76. The first-order valence-electron chi connectivity index (χ1n) is 6.63. The van der Waals surface area contributed by atoms with Crippen molar-refractivity contribution in [1.29, 1.82) is 0 Å². The number of sulfonamides is 1. The molecule has 1 aromatic heterocycles. The minimum atomic E-state index is -3.54. The van der Waals surface area contributed by atoms with Crippen LogP contribution in [0.2, 0.25) is 0 Å². The van der Waals surface area contributed by atoms with E-state index in [1.807, 2.05) is 12.1 Å². The topological polar surface area (TPSA) is 82.3 Å². The number of nitrogens with one attached hydrogen (secondary N) is 2. The van der Waals surface area contributed by atoms with Crippen molar-refractivity contribution in [3.63, 3.8) is 0 Å². The minimum Gasteiger partial charge on any atom is -0.362 e. The number of hydrogen-bond donors (Lipinski definition) is 2. The number of carbonyl (C=O) groups is 1. The quantitative estimate of drug-likeness (QED) is 0.846. The SMILES string of the molecule is CN(C)S(=O)(=O)c1ccc2c(c1)C(=Cc1ccc[nH]1)C(=O)N2. The Labute approximate surface area is 128 Å². The van der Waals surface area contributed by atoms with Gasteiger partial charge in [0.1, 0.15) is 0 Å². The van der Waals surface area contributed by atoms with Gasteiger partial charge < -0.3 is 10.3 Å². The number of nitrogens with zero attached hydrogens (tertiary/aromatic N) is 1. The highest BCUT2D eigenvalue weighted by atomic mass is 32.2. The van der Waals surface area contributed by atoms with Crippen LogP contribution in [0.5, 0.6) is 0 Å². The van der Waals surface area contributed by atoms with Crippen molar-refractivity contribution in [2.75, 3.05) is 19.4 Å². The van der Waals surface area contributed by atoms with Crippen LogP contribution in [0.4, 0.5) is 5.69 Å². The van der Waals surface area contributed by atoms with Gasteiger partial charge in [-0.2, -0.15) is 0 Å². The Morgan fingerprint density at radius 2 is 1.95 bits per heavy atom. The van der Waals surface area contributed by atoms with Gasteiger partial charge >= 0.3 is 0 Å². The summed E-state index contributed by atoms with van der Waals surface area (Å²) >= 11 is 0. The number of aromatic amines is 1. The average Bonchev–Trinajstić information content (AvgIpc) is 3.07. The molecule has 0 unspecified atom stereocenters. The van der Waals surface area contributed by atoms with E-state index in [1.165, 1.54) is 26.2 Å². The summed E-state index contributed by atoms with van der Waals surface area (Å²) in [6.07, 6.45) is 3.46. The fraction of sp³-hybridized carbons (Fsp3) is 0.133. The zero-order chi connectivity index (χ0) is 15.9. The smallest absolute Gasteiger partial charge is 0.256 e. The molecule has 0 bridgehead atoms. The third-order valence-corrected chi connectivity index (χ3v) is 5.29. The average molecular weight is 317 g/mol. The number of fused-ring (bicyclic) bond motifs is 1. The molecule has 0 aliphatic carbocycles. The van der Waals surface area contributed by atoms with Gasteiger partial charge in [0.2, 0.25) is 10.0 Å². The summed E-state index contributed by atoms with van der Waals surface area (Å²) in [5.41, 5.74) is 2.41. The van der Waals surface area contributed by atoms with Gasteiger partial charge in [0.15, 0.2) is 0 Å². The van der Waals surface area contributed by atoms with E-state index in [1.54, 1.807) is 18.3 Å². The third-order valence-electron chi connectivity index (χ3n) is 3.47. The lowest BCUT2D eigenvalue weighted by molar-refractivity contribution is -0.110. The fourth-order valence-corrected chi connectivity index (χ4v) is 3.20. The van der Waals surface area contributed by atoms with Crippen LogP contribution in [-0.2, 0) is 14.8 Å².